The summed E-state index contributed by atoms with van der Waals surface area (Å²) in [6.45, 7) is 4.04. The molecule has 0 atom stereocenters. The van der Waals surface area contributed by atoms with E-state index in [1.807, 2.05) is 31.2 Å². The predicted molar refractivity (Wildman–Crippen MR) is 136 cm³/mol. The standard InChI is InChI=1S/C27H23ClN2O6/c1-3-18-4-6-21(7-5-18)34-16-23-9-11-26(36-23)27(31)29-19-13-20(30(32)33)15-24(14-19)35-22-8-10-25(28)17(2)12-22/h4-15H,3,16H2,1-2H3,(H,29,31). The Morgan fingerprint density at radius 2 is 1.75 bits per heavy atom. The fraction of sp³-hybridized carbons (Fsp3) is 0.148. The first-order valence-corrected chi connectivity index (χ1v) is 11.5. The van der Waals surface area contributed by atoms with Gasteiger partial charge in [0.2, 0.25) is 0 Å². The Balaban J connectivity index is 1.45. The molecule has 8 nitrogen and oxygen atoms in total. The minimum Gasteiger partial charge on any atom is -0.486 e. The average molecular weight is 507 g/mol. The van der Waals surface area contributed by atoms with Gasteiger partial charge in [0.25, 0.3) is 11.6 Å². The number of benzene rings is 3. The lowest BCUT2D eigenvalue weighted by molar-refractivity contribution is -0.384. The summed E-state index contributed by atoms with van der Waals surface area (Å²) in [5.74, 6) is 1.26. The van der Waals surface area contributed by atoms with Gasteiger partial charge >= 0.3 is 0 Å². The maximum atomic E-state index is 12.7. The van der Waals surface area contributed by atoms with Crippen LogP contribution in [0.25, 0.3) is 0 Å². The molecule has 0 fully saturated rings. The number of nitrogens with zero attached hydrogens (tertiary/aromatic N) is 1. The quantitative estimate of drug-likeness (QED) is 0.188. The lowest BCUT2D eigenvalue weighted by Gasteiger charge is -2.10. The smallest absolute Gasteiger partial charge is 0.291 e. The molecule has 1 aromatic heterocycles. The molecule has 1 heterocycles. The average Bonchev–Trinajstić information content (AvgIpc) is 3.34. The summed E-state index contributed by atoms with van der Waals surface area (Å²) >= 11 is 6.05. The molecule has 0 aliphatic carbocycles. The Bertz CT molecular complexity index is 1400. The van der Waals surface area contributed by atoms with Crippen molar-refractivity contribution in [1.29, 1.82) is 0 Å². The first kappa shape index (κ1) is 24.8. The van der Waals surface area contributed by atoms with Gasteiger partial charge in [-0.2, -0.15) is 0 Å². The van der Waals surface area contributed by atoms with E-state index in [1.165, 1.54) is 29.8 Å². The van der Waals surface area contributed by atoms with Crippen molar-refractivity contribution in [3.8, 4) is 17.2 Å². The van der Waals surface area contributed by atoms with Crippen LogP contribution in [0.3, 0.4) is 0 Å². The largest absolute Gasteiger partial charge is 0.486 e. The van der Waals surface area contributed by atoms with Gasteiger partial charge in [-0.3, -0.25) is 14.9 Å². The zero-order valence-electron chi connectivity index (χ0n) is 19.6. The van der Waals surface area contributed by atoms with E-state index in [2.05, 4.69) is 12.2 Å². The molecule has 0 saturated carbocycles. The van der Waals surface area contributed by atoms with Gasteiger partial charge in [-0.15, -0.1) is 0 Å². The molecule has 4 rings (SSSR count). The van der Waals surface area contributed by atoms with Crippen LogP contribution in [0.1, 0.15) is 34.4 Å². The van der Waals surface area contributed by atoms with Crippen molar-refractivity contribution in [2.24, 2.45) is 0 Å². The van der Waals surface area contributed by atoms with Crippen molar-refractivity contribution in [2.45, 2.75) is 26.9 Å². The summed E-state index contributed by atoms with van der Waals surface area (Å²) in [4.78, 5) is 23.6. The molecule has 0 aliphatic heterocycles. The normalized spacial score (nSPS) is 10.6. The number of hydrogen-bond acceptors (Lipinski definition) is 6. The van der Waals surface area contributed by atoms with Crippen LogP contribution < -0.4 is 14.8 Å². The molecule has 36 heavy (non-hydrogen) atoms. The van der Waals surface area contributed by atoms with Crippen LogP contribution in [0.5, 0.6) is 17.2 Å². The van der Waals surface area contributed by atoms with Gasteiger partial charge in [-0.1, -0.05) is 30.7 Å². The summed E-state index contributed by atoms with van der Waals surface area (Å²) in [6, 6.07) is 19.9. The molecule has 184 valence electrons. The van der Waals surface area contributed by atoms with Crippen LogP contribution in [0.2, 0.25) is 5.02 Å². The van der Waals surface area contributed by atoms with Crippen molar-refractivity contribution < 1.29 is 23.6 Å². The minimum atomic E-state index is -0.567. The number of furan rings is 1. The van der Waals surface area contributed by atoms with E-state index >= 15 is 0 Å². The summed E-state index contributed by atoms with van der Waals surface area (Å²) < 4.78 is 17.1. The van der Waals surface area contributed by atoms with Crippen molar-refractivity contribution in [2.75, 3.05) is 5.32 Å². The van der Waals surface area contributed by atoms with Gasteiger partial charge in [-0.05, 0) is 66.9 Å². The number of rotatable bonds is 9. The first-order chi connectivity index (χ1) is 17.3. The SMILES string of the molecule is CCc1ccc(OCc2ccc(C(=O)Nc3cc(Oc4ccc(Cl)c(C)c4)cc([N+](=O)[O-])c3)o2)cc1. The Morgan fingerprint density at radius 1 is 1.00 bits per heavy atom. The van der Waals surface area contributed by atoms with Crippen LogP contribution in [0.4, 0.5) is 11.4 Å². The molecule has 0 bridgehead atoms. The van der Waals surface area contributed by atoms with Gasteiger partial charge in [0.05, 0.1) is 16.7 Å². The second-order valence-corrected chi connectivity index (χ2v) is 8.40. The zero-order valence-corrected chi connectivity index (χ0v) is 20.4. The molecule has 9 heteroatoms. The lowest BCUT2D eigenvalue weighted by atomic mass is 10.2. The first-order valence-electron chi connectivity index (χ1n) is 11.2. The van der Waals surface area contributed by atoms with Crippen molar-refractivity contribution >= 4 is 28.9 Å². The second-order valence-electron chi connectivity index (χ2n) is 7.99. The van der Waals surface area contributed by atoms with Crippen molar-refractivity contribution in [3.05, 3.63) is 111 Å². The fourth-order valence-corrected chi connectivity index (χ4v) is 3.50. The Labute approximate surface area is 212 Å². The lowest BCUT2D eigenvalue weighted by Crippen LogP contribution is -2.11. The van der Waals surface area contributed by atoms with Gasteiger partial charge in [0.1, 0.15) is 29.6 Å². The summed E-state index contributed by atoms with van der Waals surface area (Å²) in [5, 5.41) is 14.6. The number of anilines is 1. The third-order valence-corrected chi connectivity index (χ3v) is 5.75. The van der Waals surface area contributed by atoms with E-state index < -0.39 is 10.8 Å². The number of nitro groups is 1. The van der Waals surface area contributed by atoms with Gasteiger partial charge in [0.15, 0.2) is 5.76 Å². The number of non-ortho nitro benzene ring substituents is 1. The Morgan fingerprint density at radius 3 is 2.44 bits per heavy atom. The highest BCUT2D eigenvalue weighted by Crippen LogP contribution is 2.31. The van der Waals surface area contributed by atoms with Gasteiger partial charge in [-0.25, -0.2) is 0 Å². The highest BCUT2D eigenvalue weighted by Gasteiger charge is 2.16. The van der Waals surface area contributed by atoms with Crippen LogP contribution >= 0.6 is 11.6 Å². The number of nitro benzene ring substituents is 1. The monoisotopic (exact) mass is 506 g/mol. The predicted octanol–water partition coefficient (Wildman–Crippen LogP) is 7.34. The van der Waals surface area contributed by atoms with Crippen molar-refractivity contribution in [3.63, 3.8) is 0 Å². The zero-order chi connectivity index (χ0) is 25.7. The number of halogens is 1. The molecule has 0 unspecified atom stereocenters. The Hall–Kier alpha value is -4.30. The third-order valence-electron chi connectivity index (χ3n) is 5.32. The molecule has 0 saturated heterocycles. The molecule has 0 radical (unpaired) electrons. The van der Waals surface area contributed by atoms with Gasteiger partial charge < -0.3 is 19.2 Å². The Kier molecular flexibility index (Phi) is 7.56. The van der Waals surface area contributed by atoms with Crippen LogP contribution in [-0.2, 0) is 13.0 Å². The van der Waals surface area contributed by atoms with E-state index in [9.17, 15) is 14.9 Å². The molecule has 4 aromatic rings. The van der Waals surface area contributed by atoms with Crippen LogP contribution in [-0.4, -0.2) is 10.8 Å². The van der Waals surface area contributed by atoms with E-state index in [0.717, 1.165) is 12.0 Å². The maximum Gasteiger partial charge on any atom is 0.291 e. The third kappa shape index (κ3) is 6.22. The topological polar surface area (TPSA) is 104 Å². The summed E-state index contributed by atoms with van der Waals surface area (Å²) in [5.41, 5.74) is 1.94. The maximum absolute atomic E-state index is 12.7. The van der Waals surface area contributed by atoms with Crippen LogP contribution in [0, 0.1) is 17.0 Å². The van der Waals surface area contributed by atoms with Crippen molar-refractivity contribution in [1.82, 2.24) is 0 Å². The molecular weight excluding hydrogens is 484 g/mol. The molecule has 1 amide bonds. The molecule has 1 N–H and O–H groups in total. The number of carbonyl (C=O) groups excluding carboxylic acids is 1. The van der Waals surface area contributed by atoms with E-state index in [0.29, 0.717) is 22.3 Å². The van der Waals surface area contributed by atoms with E-state index in [-0.39, 0.29) is 29.5 Å². The number of carbonyl (C=O) groups is 1. The van der Waals surface area contributed by atoms with E-state index in [1.54, 1.807) is 24.3 Å². The number of nitrogens with one attached hydrogen (secondary N) is 1. The minimum absolute atomic E-state index is 0.0391. The fourth-order valence-electron chi connectivity index (χ4n) is 3.38. The number of ether oxygens (including phenoxy) is 2. The molecular formula is C27H23ClN2O6. The highest BCUT2D eigenvalue weighted by molar-refractivity contribution is 6.31. The molecule has 3 aromatic carbocycles. The number of hydrogen-bond donors (Lipinski definition) is 1. The second kappa shape index (κ2) is 11.0. The van der Waals surface area contributed by atoms with Crippen LogP contribution in [0.15, 0.2) is 77.2 Å². The summed E-state index contributed by atoms with van der Waals surface area (Å²) in [7, 11) is 0. The van der Waals surface area contributed by atoms with Gasteiger partial charge in [0, 0.05) is 17.2 Å². The summed E-state index contributed by atoms with van der Waals surface area (Å²) in [6.07, 6.45) is 0.940. The van der Waals surface area contributed by atoms with E-state index in [4.69, 9.17) is 25.5 Å². The highest BCUT2D eigenvalue weighted by atomic mass is 35.5. The molecule has 0 aliphatic rings. The molecule has 0 spiro atoms. The number of aryl methyl sites for hydroxylation is 2. The number of amides is 1.